The Morgan fingerprint density at radius 1 is 1.22 bits per heavy atom. The molecule has 1 saturated carbocycles. The maximum Gasteiger partial charge on any atom is 0.340 e. The van der Waals surface area contributed by atoms with Gasteiger partial charge in [0.15, 0.2) is 6.61 Å². The molecule has 1 aliphatic heterocycles. The minimum atomic E-state index is -0.447. The summed E-state index contributed by atoms with van der Waals surface area (Å²) in [6.07, 6.45) is 3.00. The summed E-state index contributed by atoms with van der Waals surface area (Å²) in [5, 5.41) is 2.94. The van der Waals surface area contributed by atoms with Gasteiger partial charge in [-0.25, -0.2) is 4.79 Å². The Balaban J connectivity index is 1.36. The molecule has 1 aromatic heterocycles. The van der Waals surface area contributed by atoms with Crippen LogP contribution < -0.4 is 10.1 Å². The number of hydrogen-bond donors (Lipinski definition) is 1. The van der Waals surface area contributed by atoms with Crippen molar-refractivity contribution >= 4 is 11.9 Å². The van der Waals surface area contributed by atoms with Gasteiger partial charge in [0.1, 0.15) is 5.75 Å². The highest BCUT2D eigenvalue weighted by molar-refractivity contribution is 5.92. The topological polar surface area (TPSA) is 69.6 Å². The maximum atomic E-state index is 12.4. The summed E-state index contributed by atoms with van der Waals surface area (Å²) in [5.41, 5.74) is 3.48. The first-order chi connectivity index (χ1) is 13.0. The van der Waals surface area contributed by atoms with Gasteiger partial charge in [-0.3, -0.25) is 4.79 Å². The monoisotopic (exact) mass is 368 g/mol. The summed E-state index contributed by atoms with van der Waals surface area (Å²) < 4.78 is 13.1. The van der Waals surface area contributed by atoms with E-state index in [9.17, 15) is 9.59 Å². The molecule has 2 aromatic rings. The standard InChI is InChI=1S/C21H24N2O4/c1-13-11-17(14(2)23(13)15-7-8-15)21(25)27-12-20(24)22-18-9-10-26-19-6-4-3-5-16(18)19/h3-6,11,15,18H,7-10,12H2,1-2H3,(H,22,24). The van der Waals surface area contributed by atoms with Gasteiger partial charge in [0.25, 0.3) is 5.91 Å². The number of carbonyl (C=O) groups is 2. The summed E-state index contributed by atoms with van der Waals surface area (Å²) in [6, 6.07) is 9.89. The average molecular weight is 368 g/mol. The minimum Gasteiger partial charge on any atom is -0.493 e. The van der Waals surface area contributed by atoms with Crippen LogP contribution in [0.4, 0.5) is 0 Å². The molecule has 27 heavy (non-hydrogen) atoms. The minimum absolute atomic E-state index is 0.124. The fourth-order valence-electron chi connectivity index (χ4n) is 3.82. The Bertz CT molecular complexity index is 882. The molecule has 1 N–H and O–H groups in total. The van der Waals surface area contributed by atoms with Gasteiger partial charge in [0.05, 0.1) is 18.2 Å². The third-order valence-electron chi connectivity index (χ3n) is 5.24. The summed E-state index contributed by atoms with van der Waals surface area (Å²) in [6.45, 7) is 4.19. The predicted molar refractivity (Wildman–Crippen MR) is 99.9 cm³/mol. The number of nitrogens with one attached hydrogen (secondary N) is 1. The number of aromatic nitrogens is 1. The van der Waals surface area contributed by atoms with E-state index in [0.29, 0.717) is 24.6 Å². The highest BCUT2D eigenvalue weighted by Gasteiger charge is 2.29. The van der Waals surface area contributed by atoms with Gasteiger partial charge in [0.2, 0.25) is 0 Å². The number of carbonyl (C=O) groups excluding carboxylic acids is 2. The molecule has 0 radical (unpaired) electrons. The fourth-order valence-corrected chi connectivity index (χ4v) is 3.82. The zero-order chi connectivity index (χ0) is 19.0. The van der Waals surface area contributed by atoms with Crippen molar-refractivity contribution in [2.75, 3.05) is 13.2 Å². The van der Waals surface area contributed by atoms with Crippen LogP contribution in [-0.4, -0.2) is 29.7 Å². The van der Waals surface area contributed by atoms with E-state index in [1.165, 1.54) is 0 Å². The first kappa shape index (κ1) is 17.6. The number of para-hydroxylation sites is 1. The number of esters is 1. The highest BCUT2D eigenvalue weighted by Crippen LogP contribution is 2.38. The zero-order valence-corrected chi connectivity index (χ0v) is 15.7. The molecule has 1 aromatic carbocycles. The number of rotatable bonds is 5. The Kier molecular flexibility index (Phi) is 4.64. The number of ether oxygens (including phenoxy) is 2. The lowest BCUT2D eigenvalue weighted by atomic mass is 10.0. The number of nitrogens with zero attached hydrogens (tertiary/aromatic N) is 1. The van der Waals surface area contributed by atoms with Gasteiger partial charge < -0.3 is 19.4 Å². The van der Waals surface area contributed by atoms with Crippen molar-refractivity contribution in [1.29, 1.82) is 0 Å². The van der Waals surface area contributed by atoms with Crippen LogP contribution in [0.15, 0.2) is 30.3 Å². The van der Waals surface area contributed by atoms with E-state index in [4.69, 9.17) is 9.47 Å². The Hall–Kier alpha value is -2.76. The zero-order valence-electron chi connectivity index (χ0n) is 15.7. The van der Waals surface area contributed by atoms with E-state index in [0.717, 1.165) is 35.5 Å². The molecule has 6 heteroatoms. The summed E-state index contributed by atoms with van der Waals surface area (Å²) in [4.78, 5) is 24.7. The van der Waals surface area contributed by atoms with Crippen LogP contribution in [0.2, 0.25) is 0 Å². The first-order valence-corrected chi connectivity index (χ1v) is 9.41. The number of benzene rings is 1. The molecule has 4 rings (SSSR count). The van der Waals surface area contributed by atoms with Crippen LogP contribution >= 0.6 is 0 Å². The molecule has 142 valence electrons. The molecular weight excluding hydrogens is 344 g/mol. The Morgan fingerprint density at radius 3 is 2.78 bits per heavy atom. The average Bonchev–Trinajstić information content (AvgIpc) is 3.45. The quantitative estimate of drug-likeness (QED) is 0.823. The molecule has 0 spiro atoms. The third-order valence-corrected chi connectivity index (χ3v) is 5.24. The lowest BCUT2D eigenvalue weighted by Gasteiger charge is -2.26. The molecule has 0 bridgehead atoms. The lowest BCUT2D eigenvalue weighted by molar-refractivity contribution is -0.125. The van der Waals surface area contributed by atoms with Crippen molar-refractivity contribution < 1.29 is 19.1 Å². The van der Waals surface area contributed by atoms with Gasteiger partial charge >= 0.3 is 5.97 Å². The van der Waals surface area contributed by atoms with Crippen molar-refractivity contribution in [2.24, 2.45) is 0 Å². The second-order valence-corrected chi connectivity index (χ2v) is 7.26. The van der Waals surface area contributed by atoms with Crippen LogP contribution in [0.1, 0.15) is 58.7 Å². The molecule has 0 saturated heterocycles. The number of amides is 1. The van der Waals surface area contributed by atoms with E-state index in [2.05, 4.69) is 9.88 Å². The Labute approximate surface area is 158 Å². The van der Waals surface area contributed by atoms with Crippen molar-refractivity contribution in [2.45, 2.75) is 45.2 Å². The number of aryl methyl sites for hydroxylation is 1. The molecule has 6 nitrogen and oxygen atoms in total. The number of hydrogen-bond acceptors (Lipinski definition) is 4. The summed E-state index contributed by atoms with van der Waals surface area (Å²) in [7, 11) is 0. The molecule has 1 unspecified atom stereocenters. The summed E-state index contributed by atoms with van der Waals surface area (Å²) >= 11 is 0. The van der Waals surface area contributed by atoms with E-state index in [1.54, 1.807) is 0 Å². The van der Waals surface area contributed by atoms with Gasteiger partial charge in [-0.15, -0.1) is 0 Å². The smallest absolute Gasteiger partial charge is 0.340 e. The van der Waals surface area contributed by atoms with Gasteiger partial charge in [-0.1, -0.05) is 18.2 Å². The predicted octanol–water partition coefficient (Wildman–Crippen LogP) is 3.24. The number of fused-ring (bicyclic) bond motifs is 1. The summed E-state index contributed by atoms with van der Waals surface area (Å²) in [5.74, 6) is 0.0390. The van der Waals surface area contributed by atoms with E-state index >= 15 is 0 Å². The van der Waals surface area contributed by atoms with E-state index in [-0.39, 0.29) is 18.6 Å². The maximum absolute atomic E-state index is 12.4. The SMILES string of the molecule is Cc1cc(C(=O)OCC(=O)NC2CCOc3ccccc32)c(C)n1C1CC1. The lowest BCUT2D eigenvalue weighted by Crippen LogP contribution is -2.35. The van der Waals surface area contributed by atoms with Crippen LogP contribution in [-0.2, 0) is 9.53 Å². The molecule has 2 aliphatic rings. The van der Waals surface area contributed by atoms with Crippen LogP contribution in [0.3, 0.4) is 0 Å². The normalized spacial score (nSPS) is 18.4. The second kappa shape index (κ2) is 7.10. The first-order valence-electron chi connectivity index (χ1n) is 9.41. The molecule has 2 heterocycles. The van der Waals surface area contributed by atoms with Gasteiger partial charge in [-0.2, -0.15) is 0 Å². The van der Waals surface area contributed by atoms with Crippen LogP contribution in [0.25, 0.3) is 0 Å². The fraction of sp³-hybridized carbons (Fsp3) is 0.429. The molecule has 1 aliphatic carbocycles. The van der Waals surface area contributed by atoms with Crippen LogP contribution in [0, 0.1) is 13.8 Å². The van der Waals surface area contributed by atoms with Gasteiger partial charge in [0, 0.05) is 29.4 Å². The molecule has 1 amide bonds. The third kappa shape index (κ3) is 3.56. The van der Waals surface area contributed by atoms with Crippen LogP contribution in [0.5, 0.6) is 5.75 Å². The second-order valence-electron chi connectivity index (χ2n) is 7.26. The molecular formula is C21H24N2O4. The van der Waals surface area contributed by atoms with Crippen molar-refractivity contribution in [3.63, 3.8) is 0 Å². The molecule has 1 fully saturated rings. The Morgan fingerprint density at radius 2 is 2.00 bits per heavy atom. The van der Waals surface area contributed by atoms with Crippen molar-refractivity contribution in [1.82, 2.24) is 9.88 Å². The van der Waals surface area contributed by atoms with Crippen molar-refractivity contribution in [3.05, 3.63) is 52.8 Å². The highest BCUT2D eigenvalue weighted by atomic mass is 16.5. The van der Waals surface area contributed by atoms with Gasteiger partial charge in [-0.05, 0) is 38.8 Å². The molecule has 1 atom stereocenters. The van der Waals surface area contributed by atoms with Crippen molar-refractivity contribution in [3.8, 4) is 5.75 Å². The largest absolute Gasteiger partial charge is 0.493 e. The van der Waals surface area contributed by atoms with E-state index < -0.39 is 5.97 Å². The van der Waals surface area contributed by atoms with E-state index in [1.807, 2.05) is 44.2 Å².